The molecule has 0 spiro atoms. The van der Waals surface area contributed by atoms with E-state index in [-0.39, 0.29) is 19.0 Å². The summed E-state index contributed by atoms with van der Waals surface area (Å²) in [5.74, 6) is -1.25. The van der Waals surface area contributed by atoms with Gasteiger partial charge < -0.3 is 24.3 Å². The average molecular weight is 353 g/mol. The van der Waals surface area contributed by atoms with Crippen LogP contribution in [0.5, 0.6) is 0 Å². The quantitative estimate of drug-likeness (QED) is 0.693. The zero-order valence-corrected chi connectivity index (χ0v) is 15.5. The van der Waals surface area contributed by atoms with E-state index >= 15 is 0 Å². The van der Waals surface area contributed by atoms with E-state index in [1.54, 1.807) is 20.8 Å². The van der Waals surface area contributed by atoms with Crippen molar-refractivity contribution in [1.29, 1.82) is 0 Å². The van der Waals surface area contributed by atoms with Gasteiger partial charge in [0.05, 0.1) is 18.4 Å². The molecular weight excluding hydrogens is 326 g/mol. The molecule has 140 valence electrons. The topological polar surface area (TPSA) is 92.1 Å². The molecule has 0 aliphatic heterocycles. The van der Waals surface area contributed by atoms with E-state index in [1.807, 2.05) is 19.0 Å². The Bertz CT molecular complexity index is 576. The van der Waals surface area contributed by atoms with Crippen LogP contribution in [-0.2, 0) is 14.3 Å². The number of nitrogens with zero attached hydrogens (tertiary/aromatic N) is 2. The smallest absolute Gasteiger partial charge is 0.326 e. The summed E-state index contributed by atoms with van der Waals surface area (Å²) in [6.07, 6.45) is 2.67. The Morgan fingerprint density at radius 1 is 1.20 bits per heavy atom. The number of carbonyl (C=O) groups is 3. The summed E-state index contributed by atoms with van der Waals surface area (Å²) in [5.41, 5.74) is -0.289. The van der Waals surface area contributed by atoms with Gasteiger partial charge in [-0.1, -0.05) is 0 Å². The van der Waals surface area contributed by atoms with Crippen molar-refractivity contribution in [2.24, 2.45) is 0 Å². The maximum absolute atomic E-state index is 12.4. The summed E-state index contributed by atoms with van der Waals surface area (Å²) in [4.78, 5) is 39.6. The maximum atomic E-state index is 12.4. The molecule has 0 atom stereocenters. The Labute approximate surface area is 148 Å². The molecule has 0 saturated carbocycles. The second-order valence-corrected chi connectivity index (χ2v) is 6.90. The third-order valence-electron chi connectivity index (χ3n) is 3.09. The van der Waals surface area contributed by atoms with Gasteiger partial charge in [-0.05, 0) is 40.9 Å². The van der Waals surface area contributed by atoms with Crippen LogP contribution >= 0.6 is 0 Å². The molecule has 0 aliphatic rings. The molecule has 1 aromatic heterocycles. The zero-order chi connectivity index (χ0) is 19.0. The monoisotopic (exact) mass is 353 g/mol. The molecule has 1 aromatic rings. The molecule has 25 heavy (non-hydrogen) atoms. The fourth-order valence-corrected chi connectivity index (χ4v) is 1.91. The number of hydrogen-bond acceptors (Lipinski definition) is 6. The first-order valence-electron chi connectivity index (χ1n) is 8.03. The Balaban J connectivity index is 2.62. The van der Waals surface area contributed by atoms with E-state index in [2.05, 4.69) is 5.32 Å². The predicted molar refractivity (Wildman–Crippen MR) is 92.0 cm³/mol. The molecule has 1 rings (SSSR count). The summed E-state index contributed by atoms with van der Waals surface area (Å²) >= 11 is 0. The van der Waals surface area contributed by atoms with E-state index in [1.165, 1.54) is 23.5 Å². The van der Waals surface area contributed by atoms with Crippen LogP contribution < -0.4 is 5.32 Å². The van der Waals surface area contributed by atoms with Crippen LogP contribution in [0.3, 0.4) is 0 Å². The Morgan fingerprint density at radius 3 is 2.40 bits per heavy atom. The molecule has 0 aromatic carbocycles. The van der Waals surface area contributed by atoms with E-state index in [9.17, 15) is 14.4 Å². The van der Waals surface area contributed by atoms with Crippen molar-refractivity contribution in [3.8, 4) is 0 Å². The number of rotatable bonds is 8. The highest BCUT2D eigenvalue weighted by Crippen LogP contribution is 2.07. The molecule has 0 unspecified atom stereocenters. The van der Waals surface area contributed by atoms with Crippen LogP contribution in [0.1, 0.15) is 31.1 Å². The lowest BCUT2D eigenvalue weighted by molar-refractivity contribution is -0.158. The fraction of sp³-hybridized carbons (Fsp3) is 0.588. The number of nitrogens with one attached hydrogen (secondary N) is 1. The minimum Gasteiger partial charge on any atom is -0.472 e. The van der Waals surface area contributed by atoms with Gasteiger partial charge in [-0.25, -0.2) is 0 Å². The third-order valence-corrected chi connectivity index (χ3v) is 3.09. The van der Waals surface area contributed by atoms with E-state index in [0.717, 1.165) is 0 Å². The SMILES string of the molecule is CN(C)CCN(CC(=O)OC(C)(C)C)C(=O)CNC(=O)c1ccoc1. The fourth-order valence-electron chi connectivity index (χ4n) is 1.91. The van der Waals surface area contributed by atoms with Crippen molar-refractivity contribution < 1.29 is 23.5 Å². The number of furan rings is 1. The normalized spacial score (nSPS) is 11.3. The number of esters is 1. The van der Waals surface area contributed by atoms with Crippen LogP contribution in [-0.4, -0.2) is 73.5 Å². The van der Waals surface area contributed by atoms with E-state index in [4.69, 9.17) is 9.15 Å². The number of hydrogen-bond donors (Lipinski definition) is 1. The highest BCUT2D eigenvalue weighted by atomic mass is 16.6. The molecule has 0 aliphatic carbocycles. The highest BCUT2D eigenvalue weighted by molar-refractivity contribution is 5.96. The van der Waals surface area contributed by atoms with Gasteiger partial charge in [-0.15, -0.1) is 0 Å². The van der Waals surface area contributed by atoms with Crippen LogP contribution in [0.2, 0.25) is 0 Å². The van der Waals surface area contributed by atoms with Gasteiger partial charge in [0.15, 0.2) is 0 Å². The Hall–Kier alpha value is -2.35. The minimum atomic E-state index is -0.622. The summed E-state index contributed by atoms with van der Waals surface area (Å²) in [6, 6.07) is 1.50. The van der Waals surface area contributed by atoms with Crippen molar-refractivity contribution in [2.75, 3.05) is 40.3 Å². The van der Waals surface area contributed by atoms with Gasteiger partial charge in [-0.3, -0.25) is 14.4 Å². The van der Waals surface area contributed by atoms with E-state index < -0.39 is 17.5 Å². The second-order valence-electron chi connectivity index (χ2n) is 6.90. The summed E-state index contributed by atoms with van der Waals surface area (Å²) < 4.78 is 10.1. The second kappa shape index (κ2) is 9.22. The van der Waals surface area contributed by atoms with Gasteiger partial charge in [0.2, 0.25) is 5.91 Å². The summed E-state index contributed by atoms with van der Waals surface area (Å²) in [7, 11) is 3.74. The minimum absolute atomic E-state index is 0.161. The van der Waals surface area contributed by atoms with Crippen molar-refractivity contribution in [3.63, 3.8) is 0 Å². The molecule has 1 heterocycles. The predicted octanol–water partition coefficient (Wildman–Crippen LogP) is 0.741. The number of ether oxygens (including phenoxy) is 1. The molecule has 2 amide bonds. The lowest BCUT2D eigenvalue weighted by atomic mass is 10.2. The Kier molecular flexibility index (Phi) is 7.63. The molecular formula is C17H27N3O5. The van der Waals surface area contributed by atoms with Gasteiger partial charge in [0.1, 0.15) is 18.4 Å². The highest BCUT2D eigenvalue weighted by Gasteiger charge is 2.22. The van der Waals surface area contributed by atoms with Gasteiger partial charge in [0.25, 0.3) is 5.91 Å². The lowest BCUT2D eigenvalue weighted by Gasteiger charge is -2.26. The van der Waals surface area contributed by atoms with Crippen molar-refractivity contribution in [1.82, 2.24) is 15.1 Å². The number of amides is 2. The first-order chi connectivity index (χ1) is 11.6. The third kappa shape index (κ3) is 8.35. The zero-order valence-electron chi connectivity index (χ0n) is 15.5. The van der Waals surface area contributed by atoms with Crippen LogP contribution in [0.15, 0.2) is 23.0 Å². The molecule has 8 nitrogen and oxygen atoms in total. The van der Waals surface area contributed by atoms with Crippen LogP contribution in [0, 0.1) is 0 Å². The van der Waals surface area contributed by atoms with Gasteiger partial charge >= 0.3 is 5.97 Å². The number of likely N-dealkylation sites (N-methyl/N-ethyl adjacent to an activating group) is 1. The molecule has 0 radical (unpaired) electrons. The van der Waals surface area contributed by atoms with Crippen molar-refractivity contribution in [2.45, 2.75) is 26.4 Å². The molecule has 1 N–H and O–H groups in total. The van der Waals surface area contributed by atoms with Crippen molar-refractivity contribution in [3.05, 3.63) is 24.2 Å². The molecule has 8 heteroatoms. The van der Waals surface area contributed by atoms with Crippen LogP contribution in [0.4, 0.5) is 0 Å². The standard InChI is InChI=1S/C17H27N3O5/c1-17(2,3)25-15(22)11-20(8-7-19(4)5)14(21)10-18-16(23)13-6-9-24-12-13/h6,9,12H,7-8,10-11H2,1-5H3,(H,18,23). The van der Waals surface area contributed by atoms with E-state index in [0.29, 0.717) is 18.7 Å². The lowest BCUT2D eigenvalue weighted by Crippen LogP contribution is -2.46. The molecule has 0 bridgehead atoms. The largest absolute Gasteiger partial charge is 0.472 e. The first kappa shape index (κ1) is 20.7. The molecule has 0 saturated heterocycles. The number of carbonyl (C=O) groups excluding carboxylic acids is 3. The maximum Gasteiger partial charge on any atom is 0.326 e. The van der Waals surface area contributed by atoms with Crippen LogP contribution in [0.25, 0.3) is 0 Å². The summed E-state index contributed by atoms with van der Waals surface area (Å²) in [6.45, 7) is 5.87. The first-order valence-corrected chi connectivity index (χ1v) is 8.03. The molecule has 0 fully saturated rings. The van der Waals surface area contributed by atoms with Crippen molar-refractivity contribution >= 4 is 17.8 Å². The van der Waals surface area contributed by atoms with Gasteiger partial charge in [0, 0.05) is 13.1 Å². The van der Waals surface area contributed by atoms with Gasteiger partial charge in [-0.2, -0.15) is 0 Å². The summed E-state index contributed by atoms with van der Waals surface area (Å²) in [5, 5.41) is 2.52. The average Bonchev–Trinajstić information content (AvgIpc) is 3.00. The Morgan fingerprint density at radius 2 is 1.88 bits per heavy atom.